The van der Waals surface area contributed by atoms with E-state index < -0.39 is 22.2 Å². The van der Waals surface area contributed by atoms with Crippen LogP contribution in [0.15, 0.2) is 51.8 Å². The van der Waals surface area contributed by atoms with Gasteiger partial charge in [0.25, 0.3) is 6.23 Å². The second kappa shape index (κ2) is 7.38. The van der Waals surface area contributed by atoms with Crippen LogP contribution in [-0.4, -0.2) is 31.8 Å². The predicted octanol–water partition coefficient (Wildman–Crippen LogP) is 3.25. The molecule has 2 N–H and O–H groups in total. The largest absolute Gasteiger partial charge is 0.486 e. The van der Waals surface area contributed by atoms with E-state index in [1.807, 2.05) is 6.07 Å². The fourth-order valence-corrected chi connectivity index (χ4v) is 5.02. The van der Waals surface area contributed by atoms with E-state index in [-0.39, 0.29) is 22.7 Å². The van der Waals surface area contributed by atoms with Gasteiger partial charge in [-0.05, 0) is 49.6 Å². The second-order valence-electron chi connectivity index (χ2n) is 6.78. The van der Waals surface area contributed by atoms with Crippen LogP contribution in [0.4, 0.5) is 0 Å². The summed E-state index contributed by atoms with van der Waals surface area (Å²) in [5.74, 6) is -0.443. The molecule has 2 aromatic rings. The Bertz CT molecular complexity index is 1010. The van der Waals surface area contributed by atoms with Crippen LogP contribution >= 0.6 is 15.9 Å². The lowest BCUT2D eigenvalue weighted by molar-refractivity contribution is -0.145. The second-order valence-corrected chi connectivity index (χ2v) is 9.41. The van der Waals surface area contributed by atoms with E-state index in [1.165, 1.54) is 12.1 Å². The summed E-state index contributed by atoms with van der Waals surface area (Å²) in [7, 11) is -4.09. The molecule has 3 atom stereocenters. The van der Waals surface area contributed by atoms with E-state index in [2.05, 4.69) is 20.7 Å². The molecule has 1 saturated carbocycles. The summed E-state index contributed by atoms with van der Waals surface area (Å²) in [6, 6.07) is 11.2. The third-order valence-electron chi connectivity index (χ3n) is 4.99. The monoisotopic (exact) mass is 467 g/mol. The number of carboxylic acid groups (broad SMARTS) is 1. The van der Waals surface area contributed by atoms with Gasteiger partial charge in [-0.2, -0.15) is 4.72 Å². The molecule has 2 aromatic carbocycles. The van der Waals surface area contributed by atoms with Crippen molar-refractivity contribution in [1.82, 2.24) is 4.72 Å². The van der Waals surface area contributed by atoms with Crippen molar-refractivity contribution in [3.63, 3.8) is 0 Å². The number of halogens is 1. The molecule has 0 saturated heterocycles. The number of carbonyl (C=O) groups is 1. The Kier molecular flexibility index (Phi) is 5.07. The highest BCUT2D eigenvalue weighted by atomic mass is 79.9. The standard InChI is InChI=1S/C19H18BrNO6S/c20-11-7-9-12(10-8-11)28(24,25)21-18(19(22)23)27-16-6-2-4-14-13-3-1-5-15(13)26-17(14)16/h2,4,6-10,13,15,18,21H,1,3,5H2,(H,22,23). The number of benzene rings is 2. The lowest BCUT2D eigenvalue weighted by atomic mass is 9.97. The van der Waals surface area contributed by atoms with E-state index in [4.69, 9.17) is 9.47 Å². The molecule has 2 aliphatic rings. The quantitative estimate of drug-likeness (QED) is 0.632. The Morgan fingerprint density at radius 1 is 1.21 bits per heavy atom. The first-order chi connectivity index (χ1) is 13.3. The third-order valence-corrected chi connectivity index (χ3v) is 6.93. The highest BCUT2D eigenvalue weighted by molar-refractivity contribution is 9.10. The summed E-state index contributed by atoms with van der Waals surface area (Å²) in [6.45, 7) is 0. The van der Waals surface area contributed by atoms with Crippen molar-refractivity contribution in [3.8, 4) is 11.5 Å². The molecule has 9 heteroatoms. The summed E-state index contributed by atoms with van der Waals surface area (Å²) in [5, 5.41) is 9.50. The smallest absolute Gasteiger partial charge is 0.361 e. The summed E-state index contributed by atoms with van der Waals surface area (Å²) >= 11 is 3.23. The van der Waals surface area contributed by atoms with Crippen molar-refractivity contribution in [2.45, 2.75) is 42.4 Å². The highest BCUT2D eigenvalue weighted by Gasteiger charge is 2.40. The number of ether oxygens (including phenoxy) is 2. The Morgan fingerprint density at radius 3 is 2.68 bits per heavy atom. The van der Waals surface area contributed by atoms with Crippen LogP contribution in [-0.2, 0) is 14.8 Å². The van der Waals surface area contributed by atoms with Gasteiger partial charge >= 0.3 is 5.97 Å². The first kappa shape index (κ1) is 19.2. The van der Waals surface area contributed by atoms with Crippen molar-refractivity contribution in [2.75, 3.05) is 0 Å². The summed E-state index contributed by atoms with van der Waals surface area (Å²) in [5.41, 5.74) is 0.986. The molecule has 0 aromatic heterocycles. The average molecular weight is 468 g/mol. The number of rotatable bonds is 6. The molecule has 28 heavy (non-hydrogen) atoms. The van der Waals surface area contributed by atoms with Crippen molar-refractivity contribution < 1.29 is 27.8 Å². The van der Waals surface area contributed by atoms with Gasteiger partial charge in [-0.3, -0.25) is 0 Å². The van der Waals surface area contributed by atoms with Gasteiger partial charge in [-0.15, -0.1) is 0 Å². The maximum atomic E-state index is 12.5. The van der Waals surface area contributed by atoms with Gasteiger partial charge in [-0.1, -0.05) is 28.1 Å². The van der Waals surface area contributed by atoms with E-state index in [0.29, 0.717) is 10.2 Å². The number of aliphatic carboxylic acids is 1. The maximum absolute atomic E-state index is 12.5. The van der Waals surface area contributed by atoms with E-state index in [9.17, 15) is 18.3 Å². The van der Waals surface area contributed by atoms with Gasteiger partial charge in [0.05, 0.1) is 4.90 Å². The normalized spacial score (nSPS) is 21.5. The maximum Gasteiger partial charge on any atom is 0.361 e. The van der Waals surface area contributed by atoms with Gasteiger partial charge < -0.3 is 14.6 Å². The van der Waals surface area contributed by atoms with E-state index in [0.717, 1.165) is 24.8 Å². The topological polar surface area (TPSA) is 102 Å². The third kappa shape index (κ3) is 3.61. The molecule has 0 amide bonds. The predicted molar refractivity (Wildman–Crippen MR) is 104 cm³/mol. The molecule has 7 nitrogen and oxygen atoms in total. The number of para-hydroxylation sites is 1. The molecule has 1 aliphatic heterocycles. The molecular weight excluding hydrogens is 450 g/mol. The van der Waals surface area contributed by atoms with Crippen LogP contribution in [0, 0.1) is 0 Å². The van der Waals surface area contributed by atoms with Gasteiger partial charge in [-0.25, -0.2) is 13.2 Å². The lowest BCUT2D eigenvalue weighted by Gasteiger charge is -2.18. The number of hydrogen-bond acceptors (Lipinski definition) is 5. The van der Waals surface area contributed by atoms with Crippen molar-refractivity contribution >= 4 is 31.9 Å². The number of sulfonamides is 1. The van der Waals surface area contributed by atoms with Crippen LogP contribution in [0.1, 0.15) is 30.7 Å². The summed E-state index contributed by atoms with van der Waals surface area (Å²) in [4.78, 5) is 11.6. The van der Waals surface area contributed by atoms with Crippen molar-refractivity contribution in [2.24, 2.45) is 0 Å². The zero-order chi connectivity index (χ0) is 19.9. The zero-order valence-corrected chi connectivity index (χ0v) is 17.1. The van der Waals surface area contributed by atoms with Crippen molar-refractivity contribution in [3.05, 3.63) is 52.5 Å². The molecule has 148 valence electrons. The molecular formula is C19H18BrNO6S. The van der Waals surface area contributed by atoms with Crippen molar-refractivity contribution in [1.29, 1.82) is 0 Å². The molecule has 0 bridgehead atoms. The fraction of sp³-hybridized carbons (Fsp3) is 0.316. The number of fused-ring (bicyclic) bond motifs is 3. The first-order valence-electron chi connectivity index (χ1n) is 8.82. The minimum absolute atomic E-state index is 0.0605. The molecule has 3 unspecified atom stereocenters. The van der Waals surface area contributed by atoms with Crippen LogP contribution in [0.2, 0.25) is 0 Å². The Balaban J connectivity index is 1.58. The molecule has 1 fully saturated rings. The number of carboxylic acids is 1. The van der Waals surface area contributed by atoms with Crippen LogP contribution in [0.5, 0.6) is 11.5 Å². The molecule has 0 radical (unpaired) electrons. The molecule has 0 spiro atoms. The average Bonchev–Trinajstić information content (AvgIpc) is 3.23. The van der Waals surface area contributed by atoms with Crippen LogP contribution in [0.3, 0.4) is 0 Å². The van der Waals surface area contributed by atoms with Gasteiger partial charge in [0.2, 0.25) is 10.0 Å². The first-order valence-corrected chi connectivity index (χ1v) is 11.1. The SMILES string of the molecule is O=C(O)C(NS(=O)(=O)c1ccc(Br)cc1)Oc1cccc2c1OC1CCCC21. The fourth-order valence-electron chi connectivity index (χ4n) is 3.69. The highest BCUT2D eigenvalue weighted by Crippen LogP contribution is 2.50. The number of hydrogen-bond donors (Lipinski definition) is 2. The Morgan fingerprint density at radius 2 is 1.96 bits per heavy atom. The minimum atomic E-state index is -4.09. The molecule has 1 aliphatic carbocycles. The van der Waals surface area contributed by atoms with Crippen LogP contribution < -0.4 is 14.2 Å². The Hall–Kier alpha value is -2.10. The van der Waals surface area contributed by atoms with Gasteiger partial charge in [0.1, 0.15) is 6.10 Å². The van der Waals surface area contributed by atoms with E-state index >= 15 is 0 Å². The Labute approximate surface area is 170 Å². The molecule has 4 rings (SSSR count). The lowest BCUT2D eigenvalue weighted by Crippen LogP contribution is -2.44. The van der Waals surface area contributed by atoms with Gasteiger partial charge in [0.15, 0.2) is 11.5 Å². The van der Waals surface area contributed by atoms with Gasteiger partial charge in [0, 0.05) is 16.0 Å². The summed E-state index contributed by atoms with van der Waals surface area (Å²) in [6.07, 6.45) is 1.33. The minimum Gasteiger partial charge on any atom is -0.486 e. The summed E-state index contributed by atoms with van der Waals surface area (Å²) < 4.78 is 39.4. The number of nitrogens with one attached hydrogen (secondary N) is 1. The van der Waals surface area contributed by atoms with Crippen LogP contribution in [0.25, 0.3) is 0 Å². The van der Waals surface area contributed by atoms with E-state index in [1.54, 1.807) is 24.3 Å². The zero-order valence-electron chi connectivity index (χ0n) is 14.7. The molecule has 1 heterocycles.